The molecule has 11 heteroatoms. The molecule has 0 saturated heterocycles. The maximum absolute atomic E-state index is 12.7. The number of carbonyl (C=O) groups is 3. The van der Waals surface area contributed by atoms with Crippen LogP contribution in [0.4, 0.5) is 5.82 Å². The Kier molecular flexibility index (Phi) is 7.37. The monoisotopic (exact) mass is 494 g/mol. The molecule has 1 atom stereocenters. The van der Waals surface area contributed by atoms with Crippen LogP contribution >= 0.6 is 11.3 Å². The lowest BCUT2D eigenvalue weighted by atomic mass is 10.1. The van der Waals surface area contributed by atoms with Crippen molar-refractivity contribution in [2.45, 2.75) is 19.1 Å². The zero-order valence-corrected chi connectivity index (χ0v) is 20.2. The Hall–Kier alpha value is -3.83. The molecule has 2 aromatic heterocycles. The number of hydrogen-bond donors (Lipinski definition) is 3. The van der Waals surface area contributed by atoms with Gasteiger partial charge in [0.2, 0.25) is 11.8 Å². The number of thiophene rings is 1. The lowest BCUT2D eigenvalue weighted by molar-refractivity contribution is -0.138. The van der Waals surface area contributed by atoms with Crippen molar-refractivity contribution in [3.05, 3.63) is 64.8 Å². The topological polar surface area (TPSA) is 128 Å². The average molecular weight is 495 g/mol. The van der Waals surface area contributed by atoms with E-state index in [0.717, 1.165) is 20.7 Å². The highest BCUT2D eigenvalue weighted by atomic mass is 32.1. The van der Waals surface area contributed by atoms with E-state index in [4.69, 9.17) is 0 Å². The van der Waals surface area contributed by atoms with E-state index >= 15 is 0 Å². The van der Waals surface area contributed by atoms with Crippen molar-refractivity contribution in [1.29, 1.82) is 0 Å². The normalized spacial score (nSPS) is 13.9. The van der Waals surface area contributed by atoms with E-state index in [0.29, 0.717) is 37.6 Å². The molecular formula is C24H26N6O4S. The van der Waals surface area contributed by atoms with E-state index in [1.165, 1.54) is 29.8 Å². The molecule has 10 nitrogen and oxygen atoms in total. The Labute approximate surface area is 206 Å². The van der Waals surface area contributed by atoms with Crippen LogP contribution in [0.5, 0.6) is 0 Å². The van der Waals surface area contributed by atoms with Gasteiger partial charge in [0.1, 0.15) is 17.0 Å². The Balaban J connectivity index is 1.50. The van der Waals surface area contributed by atoms with Gasteiger partial charge in [0.15, 0.2) is 6.04 Å². The molecule has 0 radical (unpaired) electrons. The summed E-state index contributed by atoms with van der Waals surface area (Å²) in [7, 11) is 3.83. The van der Waals surface area contributed by atoms with Crippen LogP contribution in [0.15, 0.2) is 48.8 Å². The Bertz CT molecular complexity index is 1270. The van der Waals surface area contributed by atoms with Gasteiger partial charge in [-0.15, -0.1) is 11.3 Å². The number of carboxylic acids is 1. The van der Waals surface area contributed by atoms with Gasteiger partial charge in [0.05, 0.1) is 11.9 Å². The zero-order valence-electron chi connectivity index (χ0n) is 19.4. The SMILES string of the molecule is CN(C)CCNC(=O)/C=C/C(=O)N1Cc2sc3ncnc(N[C@H](C(=O)O)c4ccccc4)c3c2C1. The number of aromatic nitrogens is 2. The van der Waals surface area contributed by atoms with Gasteiger partial charge in [-0.3, -0.25) is 9.59 Å². The van der Waals surface area contributed by atoms with Crippen molar-refractivity contribution in [1.82, 2.24) is 25.1 Å². The second kappa shape index (κ2) is 10.6. The number of nitrogens with zero attached hydrogens (tertiary/aromatic N) is 4. The second-order valence-corrected chi connectivity index (χ2v) is 9.44. The zero-order chi connectivity index (χ0) is 24.9. The van der Waals surface area contributed by atoms with Crippen LogP contribution in [0.25, 0.3) is 10.2 Å². The lowest BCUT2D eigenvalue weighted by Crippen LogP contribution is -2.30. The first-order valence-corrected chi connectivity index (χ1v) is 11.8. The molecule has 1 aromatic carbocycles. The molecule has 3 heterocycles. The number of amides is 2. The number of carbonyl (C=O) groups excluding carboxylic acids is 2. The van der Waals surface area contributed by atoms with Gasteiger partial charge in [0.25, 0.3) is 0 Å². The molecule has 0 saturated carbocycles. The summed E-state index contributed by atoms with van der Waals surface area (Å²) in [5.41, 5.74) is 1.49. The predicted molar refractivity (Wildman–Crippen MR) is 133 cm³/mol. The van der Waals surface area contributed by atoms with Crippen LogP contribution in [0.2, 0.25) is 0 Å². The minimum Gasteiger partial charge on any atom is -0.479 e. The molecule has 182 valence electrons. The Morgan fingerprint density at radius 1 is 1.17 bits per heavy atom. The summed E-state index contributed by atoms with van der Waals surface area (Å²) in [4.78, 5) is 50.6. The van der Waals surface area contributed by atoms with E-state index in [2.05, 4.69) is 20.6 Å². The minimum absolute atomic E-state index is 0.275. The van der Waals surface area contributed by atoms with Crippen LogP contribution < -0.4 is 10.6 Å². The van der Waals surface area contributed by atoms with Crippen molar-refractivity contribution in [3.63, 3.8) is 0 Å². The van der Waals surface area contributed by atoms with Crippen LogP contribution in [0, 0.1) is 0 Å². The smallest absolute Gasteiger partial charge is 0.330 e. The third kappa shape index (κ3) is 5.64. The average Bonchev–Trinajstić information content (AvgIpc) is 3.39. The fourth-order valence-corrected chi connectivity index (χ4v) is 4.97. The maximum Gasteiger partial charge on any atom is 0.330 e. The van der Waals surface area contributed by atoms with Crippen molar-refractivity contribution in [2.24, 2.45) is 0 Å². The molecule has 1 aliphatic heterocycles. The van der Waals surface area contributed by atoms with Gasteiger partial charge in [-0.1, -0.05) is 30.3 Å². The van der Waals surface area contributed by atoms with Crippen LogP contribution in [-0.4, -0.2) is 69.8 Å². The largest absolute Gasteiger partial charge is 0.479 e. The first kappa shape index (κ1) is 24.3. The van der Waals surface area contributed by atoms with Gasteiger partial charge in [-0.2, -0.15) is 0 Å². The van der Waals surface area contributed by atoms with E-state index < -0.39 is 12.0 Å². The molecular weight excluding hydrogens is 468 g/mol. The number of likely N-dealkylation sites (N-methyl/N-ethyl adjacent to an activating group) is 1. The molecule has 0 aliphatic carbocycles. The van der Waals surface area contributed by atoms with Crippen molar-refractivity contribution in [2.75, 3.05) is 32.5 Å². The third-order valence-electron chi connectivity index (χ3n) is 5.56. The number of rotatable bonds is 9. The highest BCUT2D eigenvalue weighted by molar-refractivity contribution is 7.19. The fraction of sp³-hybridized carbons (Fsp3) is 0.292. The van der Waals surface area contributed by atoms with Crippen LogP contribution in [-0.2, 0) is 27.5 Å². The number of fused-ring (bicyclic) bond motifs is 3. The van der Waals surface area contributed by atoms with Crippen molar-refractivity contribution < 1.29 is 19.5 Å². The Morgan fingerprint density at radius 2 is 1.94 bits per heavy atom. The number of anilines is 1. The van der Waals surface area contributed by atoms with E-state index in [1.54, 1.807) is 29.2 Å². The number of nitrogens with one attached hydrogen (secondary N) is 2. The number of aliphatic carboxylic acids is 1. The molecule has 3 N–H and O–H groups in total. The number of carboxylic acid groups (broad SMARTS) is 1. The summed E-state index contributed by atoms with van der Waals surface area (Å²) < 4.78 is 0. The first-order valence-electron chi connectivity index (χ1n) is 11.0. The van der Waals surface area contributed by atoms with E-state index in [-0.39, 0.29) is 11.8 Å². The van der Waals surface area contributed by atoms with Crippen LogP contribution in [0.3, 0.4) is 0 Å². The highest BCUT2D eigenvalue weighted by Gasteiger charge is 2.30. The quantitative estimate of drug-likeness (QED) is 0.386. The Morgan fingerprint density at radius 3 is 2.66 bits per heavy atom. The predicted octanol–water partition coefficient (Wildman–Crippen LogP) is 2.01. The summed E-state index contributed by atoms with van der Waals surface area (Å²) in [6.45, 7) is 1.92. The molecule has 35 heavy (non-hydrogen) atoms. The van der Waals surface area contributed by atoms with Gasteiger partial charge in [-0.05, 0) is 19.7 Å². The lowest BCUT2D eigenvalue weighted by Gasteiger charge is -2.17. The van der Waals surface area contributed by atoms with E-state index in [1.807, 2.05) is 25.1 Å². The summed E-state index contributed by atoms with van der Waals surface area (Å²) in [6, 6.07) is 7.88. The molecule has 0 bridgehead atoms. The summed E-state index contributed by atoms with van der Waals surface area (Å²) in [5, 5.41) is 16.3. The van der Waals surface area contributed by atoms with Gasteiger partial charge in [-0.25, -0.2) is 14.8 Å². The maximum atomic E-state index is 12.7. The first-order chi connectivity index (χ1) is 16.8. The molecule has 3 aromatic rings. The van der Waals surface area contributed by atoms with Crippen LogP contribution in [0.1, 0.15) is 22.0 Å². The minimum atomic E-state index is -1.03. The summed E-state index contributed by atoms with van der Waals surface area (Å²) in [6.07, 6.45) is 3.92. The molecule has 0 fully saturated rings. The van der Waals surface area contributed by atoms with Gasteiger partial charge >= 0.3 is 5.97 Å². The number of benzene rings is 1. The molecule has 2 amide bonds. The van der Waals surface area contributed by atoms with Gasteiger partial charge in [0, 0.05) is 42.2 Å². The number of hydrogen-bond acceptors (Lipinski definition) is 8. The molecule has 4 rings (SSSR count). The highest BCUT2D eigenvalue weighted by Crippen LogP contribution is 2.40. The van der Waals surface area contributed by atoms with Crippen molar-refractivity contribution in [3.8, 4) is 0 Å². The third-order valence-corrected chi connectivity index (χ3v) is 6.69. The van der Waals surface area contributed by atoms with E-state index in [9.17, 15) is 19.5 Å². The fourth-order valence-electron chi connectivity index (χ4n) is 3.80. The summed E-state index contributed by atoms with van der Waals surface area (Å²) in [5.74, 6) is -1.21. The van der Waals surface area contributed by atoms with Gasteiger partial charge < -0.3 is 25.5 Å². The molecule has 0 unspecified atom stereocenters. The van der Waals surface area contributed by atoms with Crippen molar-refractivity contribution >= 4 is 45.2 Å². The second-order valence-electron chi connectivity index (χ2n) is 8.35. The standard InChI is InChI=1S/C24H26N6O4S/c1-29(2)11-10-25-18(31)8-9-19(32)30-12-16-17(13-30)35-23-20(16)22(26-14-27-23)28-21(24(33)34)15-6-4-3-5-7-15/h3-9,14,21H,10-13H2,1-2H3,(H,25,31)(H,33,34)(H,26,27,28)/b9-8+/t21-/m0/s1. The molecule has 1 aliphatic rings. The molecule has 0 spiro atoms. The summed E-state index contributed by atoms with van der Waals surface area (Å²) >= 11 is 1.45.